The number of anilines is 2. The Kier molecular flexibility index (Phi) is 7.40. The molecule has 172 valence electrons. The third kappa shape index (κ3) is 6.36. The normalized spacial score (nSPS) is 11.3. The van der Waals surface area contributed by atoms with Crippen molar-refractivity contribution in [3.63, 3.8) is 0 Å². The standard InChI is InChI=1S/C25H26N2O5S/c1-17-13-18(2)15-21(14-17)27-33(29,30)22-9-7-20(8-10-22)26-25(28)12-6-19-5-11-23(31-3)24(16-19)32-4/h5-16,27H,1-4H3,(H,26,28)/b12-6+. The van der Waals surface area contributed by atoms with Crippen LogP contribution < -0.4 is 19.5 Å². The molecule has 0 aliphatic carbocycles. The van der Waals surface area contributed by atoms with Gasteiger partial charge in [0.2, 0.25) is 5.91 Å². The summed E-state index contributed by atoms with van der Waals surface area (Å²) in [4.78, 5) is 12.4. The lowest BCUT2D eigenvalue weighted by molar-refractivity contribution is -0.111. The van der Waals surface area contributed by atoms with E-state index in [1.165, 1.54) is 30.3 Å². The summed E-state index contributed by atoms with van der Waals surface area (Å²) in [5.41, 5.74) is 3.67. The number of hydrogen-bond acceptors (Lipinski definition) is 5. The fourth-order valence-electron chi connectivity index (χ4n) is 3.28. The van der Waals surface area contributed by atoms with Crippen LogP contribution in [-0.2, 0) is 14.8 Å². The van der Waals surface area contributed by atoms with Crippen LogP contribution >= 0.6 is 0 Å². The molecule has 2 N–H and O–H groups in total. The van der Waals surface area contributed by atoms with Crippen molar-refractivity contribution in [2.75, 3.05) is 24.3 Å². The molecule has 0 unspecified atom stereocenters. The number of carbonyl (C=O) groups is 1. The van der Waals surface area contributed by atoms with Crippen molar-refractivity contribution in [1.82, 2.24) is 0 Å². The fraction of sp³-hybridized carbons (Fsp3) is 0.160. The quantitative estimate of drug-likeness (QED) is 0.466. The van der Waals surface area contributed by atoms with Crippen LogP contribution in [0.4, 0.5) is 11.4 Å². The van der Waals surface area contributed by atoms with Gasteiger partial charge in [-0.3, -0.25) is 9.52 Å². The van der Waals surface area contributed by atoms with Gasteiger partial charge in [0.15, 0.2) is 11.5 Å². The zero-order valence-electron chi connectivity index (χ0n) is 18.9. The topological polar surface area (TPSA) is 93.7 Å². The maximum absolute atomic E-state index is 12.7. The maximum Gasteiger partial charge on any atom is 0.261 e. The molecule has 8 heteroatoms. The summed E-state index contributed by atoms with van der Waals surface area (Å²) in [6.07, 6.45) is 3.03. The van der Waals surface area contributed by atoms with Crippen molar-refractivity contribution in [2.45, 2.75) is 18.7 Å². The Morgan fingerprint density at radius 1 is 0.818 bits per heavy atom. The first-order valence-corrected chi connectivity index (χ1v) is 11.6. The molecule has 0 saturated carbocycles. The lowest BCUT2D eigenvalue weighted by Crippen LogP contribution is -2.13. The van der Waals surface area contributed by atoms with E-state index in [-0.39, 0.29) is 10.8 Å². The molecule has 1 amide bonds. The van der Waals surface area contributed by atoms with Crippen LogP contribution in [0.15, 0.2) is 71.6 Å². The summed E-state index contributed by atoms with van der Waals surface area (Å²) in [5.74, 6) is 0.807. The number of rotatable bonds is 8. The predicted molar refractivity (Wildman–Crippen MR) is 130 cm³/mol. The number of sulfonamides is 1. The number of benzene rings is 3. The lowest BCUT2D eigenvalue weighted by Gasteiger charge is -2.10. The molecule has 33 heavy (non-hydrogen) atoms. The van der Waals surface area contributed by atoms with E-state index in [4.69, 9.17) is 9.47 Å². The average molecular weight is 467 g/mol. The van der Waals surface area contributed by atoms with Gasteiger partial charge in [0.25, 0.3) is 10.0 Å². The molecular formula is C25H26N2O5S. The summed E-state index contributed by atoms with van der Waals surface area (Å²) in [6.45, 7) is 3.81. The van der Waals surface area contributed by atoms with Crippen LogP contribution in [0, 0.1) is 13.8 Å². The van der Waals surface area contributed by atoms with Crippen LogP contribution in [0.25, 0.3) is 6.08 Å². The molecule has 0 spiro atoms. The van der Waals surface area contributed by atoms with Crippen LogP contribution in [0.3, 0.4) is 0 Å². The lowest BCUT2D eigenvalue weighted by atomic mass is 10.1. The highest BCUT2D eigenvalue weighted by molar-refractivity contribution is 7.92. The number of aryl methyl sites for hydroxylation is 2. The fourth-order valence-corrected chi connectivity index (χ4v) is 4.32. The molecule has 0 aromatic heterocycles. The number of amides is 1. The van der Waals surface area contributed by atoms with Gasteiger partial charge in [-0.1, -0.05) is 12.1 Å². The molecule has 7 nitrogen and oxygen atoms in total. The SMILES string of the molecule is COc1ccc(/C=C/C(=O)Nc2ccc(S(=O)(=O)Nc3cc(C)cc(C)c3)cc2)cc1OC. The molecule has 0 bridgehead atoms. The minimum atomic E-state index is -3.75. The van der Waals surface area contributed by atoms with Crippen molar-refractivity contribution in [3.8, 4) is 11.5 Å². The van der Waals surface area contributed by atoms with Crippen molar-refractivity contribution in [3.05, 3.63) is 83.4 Å². The van der Waals surface area contributed by atoms with Gasteiger partial charge >= 0.3 is 0 Å². The second-order valence-corrected chi connectivity index (χ2v) is 9.13. The van der Waals surface area contributed by atoms with Crippen molar-refractivity contribution >= 4 is 33.4 Å². The molecule has 3 aromatic carbocycles. The Morgan fingerprint density at radius 2 is 1.45 bits per heavy atom. The predicted octanol–water partition coefficient (Wildman–Crippen LogP) is 4.77. The van der Waals surface area contributed by atoms with E-state index in [0.717, 1.165) is 16.7 Å². The monoisotopic (exact) mass is 466 g/mol. The minimum Gasteiger partial charge on any atom is -0.493 e. The molecule has 0 heterocycles. The van der Waals surface area contributed by atoms with Gasteiger partial charge in [0.05, 0.1) is 19.1 Å². The van der Waals surface area contributed by atoms with Crippen LogP contribution in [-0.4, -0.2) is 28.5 Å². The Bertz CT molecular complexity index is 1260. The van der Waals surface area contributed by atoms with Crippen molar-refractivity contribution in [2.24, 2.45) is 0 Å². The van der Waals surface area contributed by atoms with Gasteiger partial charge in [0, 0.05) is 17.5 Å². The van der Waals surface area contributed by atoms with Gasteiger partial charge in [-0.2, -0.15) is 0 Å². The van der Waals surface area contributed by atoms with Crippen LogP contribution in [0.2, 0.25) is 0 Å². The number of hydrogen-bond donors (Lipinski definition) is 2. The largest absolute Gasteiger partial charge is 0.493 e. The Balaban J connectivity index is 1.66. The first-order valence-electron chi connectivity index (χ1n) is 10.1. The van der Waals surface area contributed by atoms with Crippen LogP contribution in [0.1, 0.15) is 16.7 Å². The van der Waals surface area contributed by atoms with E-state index in [2.05, 4.69) is 10.0 Å². The first kappa shape index (κ1) is 23.9. The molecule has 0 atom stereocenters. The summed E-state index contributed by atoms with van der Waals surface area (Å²) < 4.78 is 38.4. The summed E-state index contributed by atoms with van der Waals surface area (Å²) >= 11 is 0. The molecule has 0 fully saturated rings. The first-order chi connectivity index (χ1) is 15.7. The van der Waals surface area contributed by atoms with Gasteiger partial charge < -0.3 is 14.8 Å². The molecular weight excluding hydrogens is 440 g/mol. The highest BCUT2D eigenvalue weighted by Gasteiger charge is 2.14. The number of methoxy groups -OCH3 is 2. The van der Waals surface area contributed by atoms with Gasteiger partial charge in [-0.15, -0.1) is 0 Å². The van der Waals surface area contributed by atoms with E-state index < -0.39 is 10.0 Å². The summed E-state index contributed by atoms with van der Waals surface area (Å²) in [7, 11) is -0.656. The maximum atomic E-state index is 12.7. The Labute approximate surface area is 194 Å². The van der Waals surface area contributed by atoms with Gasteiger partial charge in [-0.05, 0) is 85.1 Å². The van der Waals surface area contributed by atoms with E-state index in [0.29, 0.717) is 22.9 Å². The van der Waals surface area contributed by atoms with Crippen molar-refractivity contribution in [1.29, 1.82) is 0 Å². The number of nitrogens with one attached hydrogen (secondary N) is 2. The van der Waals surface area contributed by atoms with E-state index in [1.807, 2.05) is 19.9 Å². The highest BCUT2D eigenvalue weighted by Crippen LogP contribution is 2.28. The molecule has 0 aliphatic heterocycles. The minimum absolute atomic E-state index is 0.0977. The third-order valence-corrected chi connectivity index (χ3v) is 6.14. The van der Waals surface area contributed by atoms with E-state index in [1.54, 1.807) is 50.6 Å². The highest BCUT2D eigenvalue weighted by atomic mass is 32.2. The molecule has 0 aliphatic rings. The molecule has 0 saturated heterocycles. The van der Waals surface area contributed by atoms with Gasteiger partial charge in [-0.25, -0.2) is 8.42 Å². The van der Waals surface area contributed by atoms with E-state index in [9.17, 15) is 13.2 Å². The number of carbonyl (C=O) groups excluding carboxylic acids is 1. The molecule has 0 radical (unpaired) electrons. The zero-order valence-corrected chi connectivity index (χ0v) is 19.7. The van der Waals surface area contributed by atoms with Crippen molar-refractivity contribution < 1.29 is 22.7 Å². The summed E-state index contributed by atoms with van der Waals surface area (Å²) in [6, 6.07) is 16.8. The summed E-state index contributed by atoms with van der Waals surface area (Å²) in [5, 5.41) is 2.71. The Hall–Kier alpha value is -3.78. The van der Waals surface area contributed by atoms with Crippen LogP contribution in [0.5, 0.6) is 11.5 Å². The Morgan fingerprint density at radius 3 is 2.06 bits per heavy atom. The third-order valence-electron chi connectivity index (χ3n) is 4.74. The smallest absolute Gasteiger partial charge is 0.261 e. The second-order valence-electron chi connectivity index (χ2n) is 7.44. The second kappa shape index (κ2) is 10.2. The molecule has 3 rings (SSSR count). The number of ether oxygens (including phenoxy) is 2. The van der Waals surface area contributed by atoms with E-state index >= 15 is 0 Å². The molecule has 3 aromatic rings. The van der Waals surface area contributed by atoms with Gasteiger partial charge in [0.1, 0.15) is 0 Å². The zero-order chi connectivity index (χ0) is 24.0. The average Bonchev–Trinajstić information content (AvgIpc) is 2.76.